The summed E-state index contributed by atoms with van der Waals surface area (Å²) >= 11 is 0. The number of rotatable bonds is 7. The van der Waals surface area contributed by atoms with E-state index >= 15 is 0 Å². The first-order chi connectivity index (χ1) is 31.2. The van der Waals surface area contributed by atoms with Crippen LogP contribution in [0.1, 0.15) is 59.2 Å². The van der Waals surface area contributed by atoms with Crippen LogP contribution < -0.4 is 20.5 Å². The van der Waals surface area contributed by atoms with Gasteiger partial charge in [0, 0.05) is 11.1 Å². The highest BCUT2D eigenvalue weighted by atomic mass is 16.6. The maximum atomic E-state index is 12.5. The smallest absolute Gasteiger partial charge is 0.337 e. The number of methoxy groups -OCH3 is 4. The van der Waals surface area contributed by atoms with E-state index in [0.717, 1.165) is 21.9 Å². The van der Waals surface area contributed by atoms with E-state index in [4.69, 9.17) is 38.9 Å². The van der Waals surface area contributed by atoms with Gasteiger partial charge in [-0.1, -0.05) is 72.8 Å². The van der Waals surface area contributed by atoms with Crippen molar-refractivity contribution in [2.24, 2.45) is 15.0 Å². The number of allylic oxidation sites excluding steroid dienone is 8. The Kier molecular flexibility index (Phi) is 10.8. The Morgan fingerprint density at radius 3 is 1.17 bits per heavy atom. The highest BCUT2D eigenvalue weighted by molar-refractivity contribution is 6.37. The average Bonchev–Trinajstić information content (AvgIpc) is 4.20. The minimum absolute atomic E-state index is 0.385. The predicted octanol–water partition coefficient (Wildman–Crippen LogP) is 5.90. The molecule has 314 valence electrons. The molecule has 8 bridgehead atoms. The number of carbonyl (C=O) groups excluding carboxylic acids is 3. The number of ether oxygens (including phenoxy) is 4. The molecule has 0 radical (unpaired) electrons. The standard InChI is InChI=1S/C52H38N4O8/c1-61-49(57)33-13-5-29(6-14-33)45-37-21-23-39(53-37)46(30-7-15-34(16-8-30)50(58)62-2)41-25-27-43(55-41)48(32-11-19-36(20-12-32)52(60)64-4)44-28-26-42(56-44)47(40-24-22-38(45)54-40)31-9-17-35(18-10-31)51(59)63-3/h5-28H,1-4H3,(H2,53,54,55,56,57,58,59,60)/p-2. The first-order valence-corrected chi connectivity index (χ1v) is 20.0. The lowest BCUT2D eigenvalue weighted by atomic mass is 9.97. The Morgan fingerprint density at radius 1 is 0.422 bits per heavy atom. The summed E-state index contributed by atoms with van der Waals surface area (Å²) in [4.78, 5) is 58.4. The van der Waals surface area contributed by atoms with Crippen molar-refractivity contribution in [3.8, 4) is 0 Å². The fourth-order valence-corrected chi connectivity index (χ4v) is 7.83. The van der Waals surface area contributed by atoms with Gasteiger partial charge in [-0.25, -0.2) is 29.4 Å². The number of nitrogens with zero attached hydrogens (tertiary/aromatic N) is 4. The van der Waals surface area contributed by atoms with Crippen molar-refractivity contribution in [3.05, 3.63) is 218 Å². The van der Waals surface area contributed by atoms with Gasteiger partial charge in [0.15, 0.2) is 0 Å². The van der Waals surface area contributed by atoms with Crippen LogP contribution in [0.15, 0.2) is 178 Å². The van der Waals surface area contributed by atoms with Crippen molar-refractivity contribution in [1.82, 2.24) is 4.98 Å². The lowest BCUT2D eigenvalue weighted by molar-refractivity contribution is -0.288. The molecule has 0 saturated heterocycles. The molecular formula is C52H36N4O8-2. The Labute approximate surface area is 367 Å². The van der Waals surface area contributed by atoms with E-state index in [2.05, 4.69) is 0 Å². The fraction of sp³-hybridized carbons (Fsp3) is 0.0769. The van der Waals surface area contributed by atoms with Crippen LogP contribution in [0.3, 0.4) is 0 Å². The molecule has 12 heteroatoms. The van der Waals surface area contributed by atoms with E-state index in [1.54, 1.807) is 48.5 Å². The van der Waals surface area contributed by atoms with Gasteiger partial charge in [0.25, 0.3) is 0 Å². The van der Waals surface area contributed by atoms with Crippen LogP contribution in [0, 0.1) is 0 Å². The lowest BCUT2D eigenvalue weighted by Gasteiger charge is -2.19. The number of hydrogen-bond acceptors (Lipinski definition) is 11. The molecule has 64 heavy (non-hydrogen) atoms. The van der Waals surface area contributed by atoms with Gasteiger partial charge in [0.05, 0.1) is 78.2 Å². The zero-order valence-electron chi connectivity index (χ0n) is 34.9. The molecule has 5 aromatic rings. The van der Waals surface area contributed by atoms with Gasteiger partial charge < -0.3 is 29.0 Å². The van der Waals surface area contributed by atoms with Crippen molar-refractivity contribution >= 4 is 63.3 Å². The third-order valence-corrected chi connectivity index (χ3v) is 11.0. The molecular weight excluding hydrogens is 809 g/mol. The molecule has 0 unspecified atom stereocenters. The van der Waals surface area contributed by atoms with Crippen molar-refractivity contribution in [2.45, 2.75) is 0 Å². The lowest BCUT2D eigenvalue weighted by Crippen LogP contribution is -2.21. The number of benzene rings is 4. The normalized spacial score (nSPS) is 15.0. The number of aliphatic imine (C=N–C) groups is 3. The summed E-state index contributed by atoms with van der Waals surface area (Å²) in [6.45, 7) is 0. The SMILES string of the molecule is COC(=O)c1ccc(C2=C3C=CC(=N3)C(c3ccc(C(=O)OC)cc3)=C3C=CC(=N3)C(=c3ccc(=C([O-])OC)cc3)c3ccc([n-]3)C(c3ccc(C(=O)OC)cc3)=C3C=CC2=N3)cc1. The molecule has 0 N–H and O–H groups in total. The monoisotopic (exact) mass is 844 g/mol. The minimum Gasteiger partial charge on any atom is -0.657 e. The Bertz CT molecular complexity index is 3200. The van der Waals surface area contributed by atoms with Crippen molar-refractivity contribution in [1.29, 1.82) is 0 Å². The van der Waals surface area contributed by atoms with Crippen LogP contribution in [-0.4, -0.2) is 63.5 Å². The zero-order valence-corrected chi connectivity index (χ0v) is 34.9. The maximum absolute atomic E-state index is 12.5. The summed E-state index contributed by atoms with van der Waals surface area (Å²) in [5.74, 6) is -1.86. The maximum Gasteiger partial charge on any atom is 0.337 e. The number of hydrogen-bond donors (Lipinski definition) is 0. The van der Waals surface area contributed by atoms with Crippen molar-refractivity contribution in [3.63, 3.8) is 0 Å². The molecule has 9 rings (SSSR count). The molecule has 0 amide bonds. The van der Waals surface area contributed by atoms with Crippen LogP contribution in [0.5, 0.6) is 0 Å². The molecule has 5 heterocycles. The first kappa shape index (κ1) is 40.7. The van der Waals surface area contributed by atoms with Gasteiger partial charge in [-0.15, -0.1) is 11.4 Å². The number of carbonyl (C=O) groups is 3. The van der Waals surface area contributed by atoms with Gasteiger partial charge in [-0.05, 0) is 118 Å². The summed E-state index contributed by atoms with van der Waals surface area (Å²) in [7, 11) is 5.35. The summed E-state index contributed by atoms with van der Waals surface area (Å²) in [5, 5.41) is 13.6. The second kappa shape index (κ2) is 17.0. The highest BCUT2D eigenvalue weighted by Gasteiger charge is 2.25. The second-order valence-electron chi connectivity index (χ2n) is 14.6. The van der Waals surface area contributed by atoms with Crippen LogP contribution >= 0.6 is 0 Å². The molecule has 0 aliphatic carbocycles. The summed E-state index contributed by atoms with van der Waals surface area (Å²) in [6.07, 6.45) is 11.5. The van der Waals surface area contributed by atoms with Crippen LogP contribution in [-0.2, 0) is 18.9 Å². The molecule has 1 aromatic heterocycles. The van der Waals surface area contributed by atoms with Crippen LogP contribution in [0.2, 0.25) is 0 Å². The zero-order chi connectivity index (χ0) is 44.5. The topological polar surface area (TPSA) is 162 Å². The van der Waals surface area contributed by atoms with Crippen molar-refractivity contribution in [2.75, 3.05) is 28.4 Å². The average molecular weight is 845 g/mol. The number of esters is 3. The van der Waals surface area contributed by atoms with E-state index < -0.39 is 23.9 Å². The van der Waals surface area contributed by atoms with Gasteiger partial charge in [-0.2, -0.15) is 0 Å². The largest absolute Gasteiger partial charge is 0.657 e. The van der Waals surface area contributed by atoms with E-state index in [0.29, 0.717) is 89.8 Å². The summed E-state index contributed by atoms with van der Waals surface area (Å²) in [6, 6.07) is 32.1. The third kappa shape index (κ3) is 7.53. The highest BCUT2D eigenvalue weighted by Crippen LogP contribution is 2.37. The molecule has 0 spiro atoms. The fourth-order valence-electron chi connectivity index (χ4n) is 7.83. The van der Waals surface area contributed by atoms with E-state index in [1.165, 1.54) is 28.4 Å². The third-order valence-electron chi connectivity index (χ3n) is 11.0. The number of aromatic nitrogens is 1. The van der Waals surface area contributed by atoms with Crippen molar-refractivity contribution < 1.29 is 38.4 Å². The Balaban J connectivity index is 1.34. The summed E-state index contributed by atoms with van der Waals surface area (Å²) in [5.41, 5.74) is 11.0. The van der Waals surface area contributed by atoms with Gasteiger partial charge in [0.2, 0.25) is 0 Å². The van der Waals surface area contributed by atoms with Gasteiger partial charge in [0.1, 0.15) is 0 Å². The molecule has 4 aliphatic heterocycles. The second-order valence-corrected chi connectivity index (χ2v) is 14.6. The predicted molar refractivity (Wildman–Crippen MR) is 241 cm³/mol. The molecule has 12 nitrogen and oxygen atoms in total. The van der Waals surface area contributed by atoms with Crippen LogP contribution in [0.25, 0.3) is 28.2 Å². The summed E-state index contributed by atoms with van der Waals surface area (Å²) < 4.78 is 19.9. The quantitative estimate of drug-likeness (QED) is 0.143. The Hall–Kier alpha value is -8.64. The van der Waals surface area contributed by atoms with Crippen LogP contribution in [0.4, 0.5) is 0 Å². The molecule has 0 saturated carbocycles. The molecule has 0 fully saturated rings. The van der Waals surface area contributed by atoms with E-state index in [9.17, 15) is 19.5 Å². The van der Waals surface area contributed by atoms with E-state index in [-0.39, 0.29) is 0 Å². The number of fused-ring (bicyclic) bond motifs is 5. The first-order valence-electron chi connectivity index (χ1n) is 20.0. The molecule has 4 aliphatic rings. The molecule has 0 atom stereocenters. The van der Waals surface area contributed by atoms with E-state index in [1.807, 2.05) is 97.1 Å². The molecule has 4 aromatic carbocycles. The van der Waals surface area contributed by atoms with Gasteiger partial charge >= 0.3 is 17.9 Å². The van der Waals surface area contributed by atoms with Gasteiger partial charge in [-0.3, -0.25) is 0 Å². The Morgan fingerprint density at radius 2 is 0.781 bits per heavy atom. The minimum atomic E-state index is -0.464.